The molecule has 3 heterocycles. The molecule has 0 aliphatic carbocycles. The predicted molar refractivity (Wildman–Crippen MR) is 85.3 cm³/mol. The van der Waals surface area contributed by atoms with Crippen LogP contribution in [0, 0.1) is 0 Å². The lowest BCUT2D eigenvalue weighted by Crippen LogP contribution is -2.49. The lowest BCUT2D eigenvalue weighted by molar-refractivity contribution is 0.142. The number of amides is 1. The Hall–Kier alpha value is -1.80. The minimum atomic E-state index is -0.890. The molecule has 1 saturated heterocycles. The van der Waals surface area contributed by atoms with Gasteiger partial charge in [-0.1, -0.05) is 0 Å². The zero-order valence-corrected chi connectivity index (χ0v) is 13.7. The highest BCUT2D eigenvalue weighted by Crippen LogP contribution is 2.33. The summed E-state index contributed by atoms with van der Waals surface area (Å²) in [5, 5.41) is 19.2. The van der Waals surface area contributed by atoms with Gasteiger partial charge in [0.25, 0.3) is 0 Å². The molecule has 0 radical (unpaired) electrons. The molecule has 118 valence electrons. The zero-order valence-electron chi connectivity index (χ0n) is 12.1. The Balaban J connectivity index is 2.03. The summed E-state index contributed by atoms with van der Waals surface area (Å²) in [4.78, 5) is 18.7. The van der Waals surface area contributed by atoms with Gasteiger partial charge in [0.05, 0.1) is 17.8 Å². The normalized spacial score (nSPS) is 17.0. The van der Waals surface area contributed by atoms with E-state index in [1.54, 1.807) is 19.4 Å². The van der Waals surface area contributed by atoms with Crippen molar-refractivity contribution < 1.29 is 15.0 Å². The van der Waals surface area contributed by atoms with E-state index in [0.717, 1.165) is 21.4 Å². The third kappa shape index (κ3) is 2.52. The molecule has 3 rings (SSSR count). The Labute approximate surface area is 135 Å². The van der Waals surface area contributed by atoms with E-state index in [2.05, 4.69) is 25.8 Å². The number of nitrogens with zero attached hydrogens (tertiary/aromatic N) is 4. The maximum Gasteiger partial charge on any atom is 0.407 e. The van der Waals surface area contributed by atoms with Crippen molar-refractivity contribution in [3.05, 3.63) is 28.6 Å². The summed E-state index contributed by atoms with van der Waals surface area (Å²) in [5.74, 6) is 0.871. The van der Waals surface area contributed by atoms with Crippen LogP contribution in [0.1, 0.15) is 18.6 Å². The van der Waals surface area contributed by atoms with E-state index >= 15 is 0 Å². The first-order valence-electron chi connectivity index (χ1n) is 7.04. The summed E-state index contributed by atoms with van der Waals surface area (Å²) >= 11 is 3.51. The summed E-state index contributed by atoms with van der Waals surface area (Å²) in [7, 11) is 0. The van der Waals surface area contributed by atoms with Crippen LogP contribution in [0.3, 0.4) is 0 Å². The fraction of sp³-hybridized carbons (Fsp3) is 0.429. The first kappa shape index (κ1) is 15.1. The highest BCUT2D eigenvalue weighted by Gasteiger charge is 2.25. The number of aliphatic hydroxyl groups is 1. The van der Waals surface area contributed by atoms with E-state index in [1.165, 1.54) is 4.90 Å². The molecule has 1 fully saturated rings. The summed E-state index contributed by atoms with van der Waals surface area (Å²) in [6.07, 6.45) is 1.95. The van der Waals surface area contributed by atoms with Crippen molar-refractivity contribution in [3.8, 4) is 0 Å². The van der Waals surface area contributed by atoms with Gasteiger partial charge < -0.3 is 20.0 Å². The van der Waals surface area contributed by atoms with Crippen LogP contribution in [-0.4, -0.2) is 56.8 Å². The number of hydrogen-bond donors (Lipinski definition) is 2. The molecule has 0 saturated carbocycles. The Morgan fingerprint density at radius 1 is 1.36 bits per heavy atom. The van der Waals surface area contributed by atoms with Crippen LogP contribution in [0.4, 0.5) is 10.6 Å². The minimum absolute atomic E-state index is 0.445. The molecule has 1 aliphatic heterocycles. The lowest BCUT2D eigenvalue weighted by Gasteiger charge is -2.36. The first-order valence-corrected chi connectivity index (χ1v) is 7.83. The molecule has 0 aromatic carbocycles. The maximum absolute atomic E-state index is 11.0. The van der Waals surface area contributed by atoms with E-state index < -0.39 is 12.2 Å². The molecule has 1 amide bonds. The van der Waals surface area contributed by atoms with E-state index in [9.17, 15) is 9.90 Å². The second-order valence-corrected chi connectivity index (χ2v) is 6.21. The lowest BCUT2D eigenvalue weighted by atomic mass is 10.1. The Kier molecular flexibility index (Phi) is 3.96. The van der Waals surface area contributed by atoms with Gasteiger partial charge in [-0.25, -0.2) is 9.78 Å². The largest absolute Gasteiger partial charge is 0.465 e. The highest BCUT2D eigenvalue weighted by molar-refractivity contribution is 9.10. The topological polar surface area (TPSA) is 81.3 Å². The van der Waals surface area contributed by atoms with Gasteiger partial charge in [0.1, 0.15) is 12.1 Å². The Morgan fingerprint density at radius 3 is 2.64 bits per heavy atom. The molecule has 1 aliphatic rings. The zero-order chi connectivity index (χ0) is 15.9. The van der Waals surface area contributed by atoms with Crippen molar-refractivity contribution >= 4 is 33.4 Å². The molecule has 2 aromatic heterocycles. The van der Waals surface area contributed by atoms with Crippen molar-refractivity contribution in [1.82, 2.24) is 14.3 Å². The number of halogens is 1. The third-order valence-electron chi connectivity index (χ3n) is 3.95. The van der Waals surface area contributed by atoms with E-state index in [-0.39, 0.29) is 0 Å². The second-order valence-electron chi connectivity index (χ2n) is 5.35. The van der Waals surface area contributed by atoms with Crippen LogP contribution in [0.15, 0.2) is 23.1 Å². The quantitative estimate of drug-likeness (QED) is 0.846. The highest BCUT2D eigenvalue weighted by atomic mass is 79.9. The van der Waals surface area contributed by atoms with Crippen molar-refractivity contribution in [2.24, 2.45) is 0 Å². The molecule has 1 unspecified atom stereocenters. The SMILES string of the molecule is CC(O)c1cc(Br)c2cncn2c1N1CCN(C(=O)O)CC1. The van der Waals surface area contributed by atoms with Crippen LogP contribution in [-0.2, 0) is 0 Å². The van der Waals surface area contributed by atoms with Gasteiger partial charge in [-0.3, -0.25) is 4.40 Å². The molecule has 1 atom stereocenters. The number of imidazole rings is 1. The summed E-state index contributed by atoms with van der Waals surface area (Å²) in [6.45, 7) is 3.78. The minimum Gasteiger partial charge on any atom is -0.465 e. The summed E-state index contributed by atoms with van der Waals surface area (Å²) < 4.78 is 2.80. The molecule has 0 spiro atoms. The molecule has 0 bridgehead atoms. The summed E-state index contributed by atoms with van der Waals surface area (Å²) in [5.41, 5.74) is 1.71. The van der Waals surface area contributed by atoms with E-state index in [1.807, 2.05) is 10.5 Å². The van der Waals surface area contributed by atoms with E-state index in [4.69, 9.17) is 5.11 Å². The number of fused-ring (bicyclic) bond motifs is 1. The number of carbonyl (C=O) groups is 1. The molecule has 2 aromatic rings. The third-order valence-corrected chi connectivity index (χ3v) is 4.59. The van der Waals surface area contributed by atoms with Crippen LogP contribution in [0.25, 0.3) is 5.52 Å². The van der Waals surface area contributed by atoms with Gasteiger partial charge in [0, 0.05) is 36.2 Å². The number of hydrogen-bond acceptors (Lipinski definition) is 4. The van der Waals surface area contributed by atoms with Gasteiger partial charge in [0.15, 0.2) is 0 Å². The molecule has 8 heteroatoms. The average Bonchev–Trinajstić information content (AvgIpc) is 2.97. The fourth-order valence-electron chi connectivity index (χ4n) is 2.81. The molecule has 2 N–H and O–H groups in total. The maximum atomic E-state index is 11.0. The fourth-order valence-corrected chi connectivity index (χ4v) is 3.35. The van der Waals surface area contributed by atoms with Crippen LogP contribution < -0.4 is 4.90 Å². The Bertz CT molecular complexity index is 707. The van der Waals surface area contributed by atoms with Crippen molar-refractivity contribution in [1.29, 1.82) is 0 Å². The van der Waals surface area contributed by atoms with Gasteiger partial charge in [0.2, 0.25) is 0 Å². The number of aromatic nitrogens is 2. The van der Waals surface area contributed by atoms with Gasteiger partial charge in [-0.15, -0.1) is 0 Å². The second kappa shape index (κ2) is 5.77. The average molecular weight is 369 g/mol. The van der Waals surface area contributed by atoms with Crippen LogP contribution in [0.2, 0.25) is 0 Å². The van der Waals surface area contributed by atoms with Gasteiger partial charge in [-0.05, 0) is 28.9 Å². The van der Waals surface area contributed by atoms with Gasteiger partial charge in [-0.2, -0.15) is 0 Å². The monoisotopic (exact) mass is 368 g/mol. The van der Waals surface area contributed by atoms with Crippen LogP contribution in [0.5, 0.6) is 0 Å². The van der Waals surface area contributed by atoms with Crippen molar-refractivity contribution in [2.45, 2.75) is 13.0 Å². The number of pyridine rings is 1. The van der Waals surface area contributed by atoms with Crippen molar-refractivity contribution in [2.75, 3.05) is 31.1 Å². The predicted octanol–water partition coefficient (Wildman–Crippen LogP) is 1.95. The smallest absolute Gasteiger partial charge is 0.407 e. The molecular weight excluding hydrogens is 352 g/mol. The van der Waals surface area contributed by atoms with Crippen molar-refractivity contribution in [3.63, 3.8) is 0 Å². The number of carboxylic acid groups (broad SMARTS) is 1. The summed E-state index contributed by atoms with van der Waals surface area (Å²) in [6, 6.07) is 1.90. The molecule has 22 heavy (non-hydrogen) atoms. The Morgan fingerprint density at radius 2 is 2.05 bits per heavy atom. The van der Waals surface area contributed by atoms with Crippen LogP contribution >= 0.6 is 15.9 Å². The number of aliphatic hydroxyl groups excluding tert-OH is 1. The van der Waals surface area contributed by atoms with Gasteiger partial charge >= 0.3 is 6.09 Å². The van der Waals surface area contributed by atoms with E-state index in [0.29, 0.717) is 26.2 Å². The molecule has 7 nitrogen and oxygen atoms in total. The molecular formula is C14H17BrN4O3. The number of piperazine rings is 1. The number of anilines is 1. The standard InChI is InChI=1S/C14H17BrN4O3/c1-9(20)10-6-11(15)12-7-16-8-19(12)13(10)17-2-4-18(5-3-17)14(21)22/h6-9,20H,2-5H2,1H3,(H,21,22). The number of rotatable bonds is 2. The first-order chi connectivity index (χ1) is 10.5.